The second-order valence-electron chi connectivity index (χ2n) is 5.21. The van der Waals surface area contributed by atoms with E-state index < -0.39 is 0 Å². The van der Waals surface area contributed by atoms with Gasteiger partial charge in [0.2, 0.25) is 11.8 Å². The van der Waals surface area contributed by atoms with Gasteiger partial charge in [-0.05, 0) is 28.2 Å². The number of carbonyl (C=O) groups is 2. The smallest absolute Gasteiger partial charge is 0.221 e. The van der Waals surface area contributed by atoms with Gasteiger partial charge in [0.15, 0.2) is 0 Å². The maximum absolute atomic E-state index is 11.6. The SMILES string of the molecule is CC(=O)N(CCC(=O)NCCN(C)C)CCN(C)C. The highest BCUT2D eigenvalue weighted by molar-refractivity contribution is 5.77. The molecule has 0 aromatic rings. The average Bonchev–Trinajstić information content (AvgIpc) is 2.27. The predicted octanol–water partition coefficient (Wildman–Crippen LogP) is -0.536. The molecule has 0 aromatic heterocycles. The van der Waals surface area contributed by atoms with Crippen molar-refractivity contribution in [2.24, 2.45) is 0 Å². The van der Waals surface area contributed by atoms with E-state index in [0.717, 1.165) is 13.1 Å². The number of nitrogens with one attached hydrogen (secondary N) is 1. The van der Waals surface area contributed by atoms with Crippen LogP contribution in [0.1, 0.15) is 13.3 Å². The first-order valence-corrected chi connectivity index (χ1v) is 6.64. The number of amides is 2. The van der Waals surface area contributed by atoms with Crippen LogP contribution < -0.4 is 5.32 Å². The van der Waals surface area contributed by atoms with Crippen LogP contribution in [-0.4, -0.2) is 87.4 Å². The fourth-order valence-electron chi connectivity index (χ4n) is 1.49. The van der Waals surface area contributed by atoms with Gasteiger partial charge in [0.1, 0.15) is 0 Å². The number of hydrogen-bond acceptors (Lipinski definition) is 4. The van der Waals surface area contributed by atoms with Crippen LogP contribution in [0.5, 0.6) is 0 Å². The zero-order chi connectivity index (χ0) is 14.8. The normalized spacial score (nSPS) is 10.9. The summed E-state index contributed by atoms with van der Waals surface area (Å²) in [6.45, 7) is 4.96. The topological polar surface area (TPSA) is 55.9 Å². The summed E-state index contributed by atoms with van der Waals surface area (Å²) in [5.41, 5.74) is 0. The lowest BCUT2D eigenvalue weighted by Crippen LogP contribution is -2.38. The van der Waals surface area contributed by atoms with Gasteiger partial charge in [-0.1, -0.05) is 0 Å². The van der Waals surface area contributed by atoms with Crippen molar-refractivity contribution in [1.29, 1.82) is 0 Å². The van der Waals surface area contributed by atoms with E-state index in [4.69, 9.17) is 0 Å². The van der Waals surface area contributed by atoms with Gasteiger partial charge < -0.3 is 20.0 Å². The quantitative estimate of drug-likeness (QED) is 0.613. The lowest BCUT2D eigenvalue weighted by Gasteiger charge is -2.22. The molecule has 0 heterocycles. The highest BCUT2D eigenvalue weighted by Gasteiger charge is 2.11. The van der Waals surface area contributed by atoms with Gasteiger partial charge in [0, 0.05) is 46.1 Å². The molecule has 0 bridgehead atoms. The van der Waals surface area contributed by atoms with Gasteiger partial charge in [-0.25, -0.2) is 0 Å². The van der Waals surface area contributed by atoms with Crippen molar-refractivity contribution in [3.63, 3.8) is 0 Å². The van der Waals surface area contributed by atoms with E-state index in [9.17, 15) is 9.59 Å². The minimum atomic E-state index is -0.00190. The summed E-state index contributed by atoms with van der Waals surface area (Å²) in [6, 6.07) is 0. The molecule has 0 radical (unpaired) electrons. The summed E-state index contributed by atoms with van der Waals surface area (Å²) in [7, 11) is 7.86. The van der Waals surface area contributed by atoms with Crippen molar-refractivity contribution < 1.29 is 9.59 Å². The van der Waals surface area contributed by atoms with Crippen LogP contribution in [0.3, 0.4) is 0 Å². The molecule has 6 heteroatoms. The van der Waals surface area contributed by atoms with Crippen molar-refractivity contribution in [2.75, 3.05) is 60.9 Å². The molecule has 0 saturated carbocycles. The summed E-state index contributed by atoms with van der Waals surface area (Å²) in [5, 5.41) is 2.84. The molecule has 1 N–H and O–H groups in total. The Balaban J connectivity index is 3.90. The molecule has 0 aliphatic rings. The Morgan fingerprint density at radius 3 is 1.95 bits per heavy atom. The molecule has 0 aliphatic heterocycles. The fourth-order valence-corrected chi connectivity index (χ4v) is 1.49. The molecule has 112 valence electrons. The van der Waals surface area contributed by atoms with Crippen molar-refractivity contribution in [3.05, 3.63) is 0 Å². The molecule has 0 aliphatic carbocycles. The Hall–Kier alpha value is -1.14. The third-order valence-corrected chi connectivity index (χ3v) is 2.75. The van der Waals surface area contributed by atoms with Gasteiger partial charge in [0.25, 0.3) is 0 Å². The second-order valence-corrected chi connectivity index (χ2v) is 5.21. The summed E-state index contributed by atoms with van der Waals surface area (Å²) in [6.07, 6.45) is 0.362. The minimum absolute atomic E-state index is 0.00190. The van der Waals surface area contributed by atoms with Gasteiger partial charge >= 0.3 is 0 Å². The lowest BCUT2D eigenvalue weighted by molar-refractivity contribution is -0.129. The largest absolute Gasteiger partial charge is 0.355 e. The molecular formula is C13H28N4O2. The first kappa shape index (κ1) is 17.9. The summed E-state index contributed by atoms with van der Waals surface area (Å²) in [5.74, 6) is 0.0147. The van der Waals surface area contributed by atoms with Crippen molar-refractivity contribution in [3.8, 4) is 0 Å². The van der Waals surface area contributed by atoms with E-state index in [2.05, 4.69) is 5.32 Å². The highest BCUT2D eigenvalue weighted by atomic mass is 16.2. The van der Waals surface area contributed by atoms with E-state index in [1.165, 1.54) is 0 Å². The predicted molar refractivity (Wildman–Crippen MR) is 77.0 cm³/mol. The zero-order valence-electron chi connectivity index (χ0n) is 12.9. The van der Waals surface area contributed by atoms with E-state index in [1.807, 2.05) is 38.0 Å². The van der Waals surface area contributed by atoms with E-state index in [1.54, 1.807) is 11.8 Å². The Morgan fingerprint density at radius 2 is 1.47 bits per heavy atom. The Morgan fingerprint density at radius 1 is 0.895 bits per heavy atom. The average molecular weight is 272 g/mol. The van der Waals surface area contributed by atoms with Gasteiger partial charge in [-0.2, -0.15) is 0 Å². The monoisotopic (exact) mass is 272 g/mol. The van der Waals surface area contributed by atoms with E-state index in [0.29, 0.717) is 26.1 Å². The van der Waals surface area contributed by atoms with E-state index >= 15 is 0 Å². The fraction of sp³-hybridized carbons (Fsp3) is 0.846. The molecule has 19 heavy (non-hydrogen) atoms. The lowest BCUT2D eigenvalue weighted by atomic mass is 10.3. The minimum Gasteiger partial charge on any atom is -0.355 e. The van der Waals surface area contributed by atoms with Crippen LogP contribution in [0.2, 0.25) is 0 Å². The third kappa shape index (κ3) is 10.5. The summed E-state index contributed by atoms with van der Waals surface area (Å²) in [4.78, 5) is 28.8. The van der Waals surface area contributed by atoms with Gasteiger partial charge in [-0.3, -0.25) is 9.59 Å². The molecule has 0 spiro atoms. The van der Waals surface area contributed by atoms with E-state index in [-0.39, 0.29) is 11.8 Å². The second kappa shape index (κ2) is 9.75. The number of carbonyl (C=O) groups excluding carboxylic acids is 2. The van der Waals surface area contributed by atoms with Crippen LogP contribution in [0.25, 0.3) is 0 Å². The third-order valence-electron chi connectivity index (χ3n) is 2.75. The zero-order valence-corrected chi connectivity index (χ0v) is 12.9. The number of nitrogens with zero attached hydrogens (tertiary/aromatic N) is 3. The molecular weight excluding hydrogens is 244 g/mol. The van der Waals surface area contributed by atoms with Gasteiger partial charge in [0.05, 0.1) is 0 Å². The summed E-state index contributed by atoms with van der Waals surface area (Å²) >= 11 is 0. The standard InChI is InChI=1S/C13H28N4O2/c1-12(18)17(11-10-16(4)5)8-6-13(19)14-7-9-15(2)3/h6-11H2,1-5H3,(H,14,19). The van der Waals surface area contributed by atoms with Crippen molar-refractivity contribution in [1.82, 2.24) is 20.0 Å². The molecule has 0 aromatic carbocycles. The van der Waals surface area contributed by atoms with Crippen LogP contribution in [0, 0.1) is 0 Å². The number of likely N-dealkylation sites (N-methyl/N-ethyl adjacent to an activating group) is 2. The molecule has 0 saturated heterocycles. The van der Waals surface area contributed by atoms with Crippen LogP contribution in [0.4, 0.5) is 0 Å². The Labute approximate surface area is 116 Å². The Kier molecular flexibility index (Phi) is 9.16. The maximum atomic E-state index is 11.6. The maximum Gasteiger partial charge on any atom is 0.221 e. The number of hydrogen-bond donors (Lipinski definition) is 1. The highest BCUT2D eigenvalue weighted by Crippen LogP contribution is 1.94. The molecule has 0 rings (SSSR count). The molecule has 0 fully saturated rings. The van der Waals surface area contributed by atoms with Crippen molar-refractivity contribution >= 4 is 11.8 Å². The number of rotatable bonds is 9. The summed E-state index contributed by atoms with van der Waals surface area (Å²) < 4.78 is 0. The van der Waals surface area contributed by atoms with Crippen LogP contribution >= 0.6 is 0 Å². The Bertz CT molecular complexity index is 280. The molecule has 0 unspecified atom stereocenters. The van der Waals surface area contributed by atoms with Crippen LogP contribution in [-0.2, 0) is 9.59 Å². The first-order valence-electron chi connectivity index (χ1n) is 6.64. The van der Waals surface area contributed by atoms with Crippen molar-refractivity contribution in [2.45, 2.75) is 13.3 Å². The molecule has 2 amide bonds. The van der Waals surface area contributed by atoms with Crippen LogP contribution in [0.15, 0.2) is 0 Å². The molecule has 0 atom stereocenters. The molecule has 6 nitrogen and oxygen atoms in total. The van der Waals surface area contributed by atoms with Gasteiger partial charge in [-0.15, -0.1) is 0 Å². The first-order chi connectivity index (χ1) is 8.82.